The molecule has 0 fully saturated rings. The average molecular weight is 381 g/mol. The van der Waals surface area contributed by atoms with Crippen molar-refractivity contribution in [2.24, 2.45) is 10.7 Å². The van der Waals surface area contributed by atoms with Crippen LogP contribution in [0.2, 0.25) is 5.15 Å². The van der Waals surface area contributed by atoms with Gasteiger partial charge in [0.05, 0.1) is 6.20 Å². The molecule has 1 unspecified atom stereocenters. The quantitative estimate of drug-likeness (QED) is 0.709. The van der Waals surface area contributed by atoms with Crippen LogP contribution in [-0.2, 0) is 10.3 Å². The van der Waals surface area contributed by atoms with Gasteiger partial charge in [0.15, 0.2) is 11.4 Å². The fraction of sp³-hybridized carbons (Fsp3) is 0.200. The minimum Gasteiger partial charge on any atom is -0.455 e. The van der Waals surface area contributed by atoms with Gasteiger partial charge < -0.3 is 15.2 Å². The van der Waals surface area contributed by atoms with E-state index in [0.29, 0.717) is 23.9 Å². The Morgan fingerprint density at radius 3 is 2.86 bits per heavy atom. The number of benzene rings is 1. The van der Waals surface area contributed by atoms with Crippen molar-refractivity contribution in [2.45, 2.75) is 12.0 Å². The molecule has 1 atom stereocenters. The summed E-state index contributed by atoms with van der Waals surface area (Å²) in [7, 11) is 0. The Bertz CT molecular complexity index is 758. The summed E-state index contributed by atoms with van der Waals surface area (Å²) in [4.78, 5) is 8.24. The summed E-state index contributed by atoms with van der Waals surface area (Å²) in [6, 6.07) is 7.72. The molecule has 2 aromatic rings. The Balaban J connectivity index is 2.01. The predicted octanol–water partition coefficient (Wildman–Crippen LogP) is 3.58. The smallest absolute Gasteiger partial charge is 0.283 e. The first-order valence-electron chi connectivity index (χ1n) is 6.71. The molecule has 4 rings (SSSR count). The highest BCUT2D eigenvalue weighted by Crippen LogP contribution is 2.52. The van der Waals surface area contributed by atoms with Gasteiger partial charge in [0.25, 0.3) is 6.02 Å². The number of hydrogen-bond acceptors (Lipinski definition) is 5. The Morgan fingerprint density at radius 1 is 1.23 bits per heavy atom. The minimum atomic E-state index is -0.759. The van der Waals surface area contributed by atoms with Gasteiger partial charge in [0, 0.05) is 28.6 Å². The number of nitrogens with zero attached hydrogens (tertiary/aromatic N) is 2. The lowest BCUT2D eigenvalue weighted by Crippen LogP contribution is -2.42. The molecule has 2 N–H and O–H groups in total. The largest absolute Gasteiger partial charge is 0.455 e. The van der Waals surface area contributed by atoms with E-state index >= 15 is 0 Å². The number of fused-ring (bicyclic) bond motifs is 4. The van der Waals surface area contributed by atoms with Crippen LogP contribution in [0.5, 0.6) is 11.5 Å². The zero-order valence-corrected chi connectivity index (χ0v) is 13.7. The summed E-state index contributed by atoms with van der Waals surface area (Å²) >= 11 is 9.58. The maximum atomic E-state index is 6.08. The van der Waals surface area contributed by atoms with Gasteiger partial charge in [-0.25, -0.2) is 9.98 Å². The monoisotopic (exact) mass is 379 g/mol. The van der Waals surface area contributed by atoms with Crippen LogP contribution in [0.25, 0.3) is 0 Å². The maximum Gasteiger partial charge on any atom is 0.283 e. The Kier molecular flexibility index (Phi) is 3.06. The molecule has 1 aromatic heterocycles. The molecule has 2 aliphatic heterocycles. The fourth-order valence-electron chi connectivity index (χ4n) is 2.95. The van der Waals surface area contributed by atoms with Gasteiger partial charge in [-0.15, -0.1) is 0 Å². The van der Waals surface area contributed by atoms with Crippen LogP contribution in [0.15, 0.2) is 39.9 Å². The first-order valence-corrected chi connectivity index (χ1v) is 7.88. The summed E-state index contributed by atoms with van der Waals surface area (Å²) in [6.07, 6.45) is 2.25. The van der Waals surface area contributed by atoms with Crippen LogP contribution >= 0.6 is 27.5 Å². The number of nitrogens with two attached hydrogens (primary N) is 1. The van der Waals surface area contributed by atoms with Gasteiger partial charge in [-0.3, -0.25) is 0 Å². The van der Waals surface area contributed by atoms with E-state index in [1.54, 1.807) is 12.3 Å². The second kappa shape index (κ2) is 4.86. The molecule has 0 radical (unpaired) electrons. The van der Waals surface area contributed by atoms with Crippen LogP contribution in [0.4, 0.5) is 0 Å². The van der Waals surface area contributed by atoms with E-state index in [2.05, 4.69) is 25.9 Å². The molecule has 7 heteroatoms. The third-order valence-corrected chi connectivity index (χ3v) is 4.58. The summed E-state index contributed by atoms with van der Waals surface area (Å²) in [5.41, 5.74) is 6.81. The number of halogens is 2. The van der Waals surface area contributed by atoms with Crippen molar-refractivity contribution in [1.29, 1.82) is 0 Å². The Labute approximate surface area is 140 Å². The molecular formula is C15H11BrClN3O2. The molecule has 0 saturated heterocycles. The molecule has 112 valence electrons. The van der Waals surface area contributed by atoms with E-state index in [9.17, 15) is 0 Å². The lowest BCUT2D eigenvalue weighted by Gasteiger charge is -2.41. The molecule has 1 spiro atoms. The van der Waals surface area contributed by atoms with Crippen LogP contribution < -0.4 is 10.5 Å². The molecule has 22 heavy (non-hydrogen) atoms. The van der Waals surface area contributed by atoms with Crippen molar-refractivity contribution in [3.8, 4) is 11.5 Å². The minimum absolute atomic E-state index is 0.165. The molecule has 0 bridgehead atoms. The van der Waals surface area contributed by atoms with Crippen molar-refractivity contribution < 1.29 is 9.47 Å². The summed E-state index contributed by atoms with van der Waals surface area (Å²) in [6.45, 7) is 0.567. The normalized spacial score (nSPS) is 22.2. The third-order valence-electron chi connectivity index (χ3n) is 3.88. The van der Waals surface area contributed by atoms with E-state index in [4.69, 9.17) is 26.8 Å². The van der Waals surface area contributed by atoms with Crippen LogP contribution in [-0.4, -0.2) is 17.6 Å². The molecular weight excluding hydrogens is 370 g/mol. The van der Waals surface area contributed by atoms with Crippen LogP contribution in [0.3, 0.4) is 0 Å². The Hall–Kier alpha value is -1.79. The number of ether oxygens (including phenoxy) is 2. The lowest BCUT2D eigenvalue weighted by atomic mass is 9.80. The highest BCUT2D eigenvalue weighted by molar-refractivity contribution is 9.10. The second-order valence-corrected chi connectivity index (χ2v) is 6.45. The van der Waals surface area contributed by atoms with E-state index < -0.39 is 5.60 Å². The van der Waals surface area contributed by atoms with Gasteiger partial charge in [-0.2, -0.15) is 0 Å². The second-order valence-electron chi connectivity index (χ2n) is 5.14. The first-order chi connectivity index (χ1) is 10.6. The maximum absolute atomic E-state index is 6.08. The zero-order chi connectivity index (χ0) is 15.3. The molecule has 1 aromatic carbocycles. The number of aromatic nitrogens is 1. The van der Waals surface area contributed by atoms with Crippen molar-refractivity contribution in [3.05, 3.63) is 51.2 Å². The number of rotatable bonds is 0. The third kappa shape index (κ3) is 1.98. The molecule has 0 aliphatic carbocycles. The van der Waals surface area contributed by atoms with Gasteiger partial charge in [0.2, 0.25) is 0 Å². The molecule has 5 nitrogen and oxygen atoms in total. The van der Waals surface area contributed by atoms with E-state index in [1.165, 1.54) is 0 Å². The van der Waals surface area contributed by atoms with Gasteiger partial charge in [0.1, 0.15) is 10.9 Å². The lowest BCUT2D eigenvalue weighted by molar-refractivity contribution is 0.0634. The molecule has 2 aliphatic rings. The average Bonchev–Trinajstić information content (AvgIpc) is 2.49. The van der Waals surface area contributed by atoms with Crippen LogP contribution in [0.1, 0.15) is 17.5 Å². The topological polar surface area (TPSA) is 69.7 Å². The molecule has 0 amide bonds. The van der Waals surface area contributed by atoms with Crippen molar-refractivity contribution in [3.63, 3.8) is 0 Å². The van der Waals surface area contributed by atoms with E-state index in [1.807, 2.05) is 18.2 Å². The van der Waals surface area contributed by atoms with Gasteiger partial charge in [-0.05, 0) is 24.3 Å². The van der Waals surface area contributed by atoms with Crippen molar-refractivity contribution in [1.82, 2.24) is 4.98 Å². The summed E-state index contributed by atoms with van der Waals surface area (Å²) in [5, 5.41) is 0.379. The summed E-state index contributed by atoms with van der Waals surface area (Å²) < 4.78 is 12.9. The number of pyridine rings is 1. The van der Waals surface area contributed by atoms with Crippen molar-refractivity contribution in [2.75, 3.05) is 6.54 Å². The standard InChI is InChI=1S/C15H11BrClN3O2/c16-8-1-2-11-9(5-8)15(3-4-19-14(18)22-15)10-6-13(17)20-7-12(10)21-11/h1-2,5-7H,3-4H2,(H2,18,19). The predicted molar refractivity (Wildman–Crippen MR) is 86.4 cm³/mol. The highest BCUT2D eigenvalue weighted by Gasteiger charge is 2.46. The number of hydrogen-bond donors (Lipinski definition) is 1. The Morgan fingerprint density at radius 2 is 2.05 bits per heavy atom. The molecule has 0 saturated carbocycles. The van der Waals surface area contributed by atoms with E-state index in [-0.39, 0.29) is 6.02 Å². The highest BCUT2D eigenvalue weighted by atomic mass is 79.9. The van der Waals surface area contributed by atoms with Gasteiger partial charge >= 0.3 is 0 Å². The van der Waals surface area contributed by atoms with Gasteiger partial charge in [-0.1, -0.05) is 27.5 Å². The van der Waals surface area contributed by atoms with Crippen molar-refractivity contribution >= 4 is 33.6 Å². The zero-order valence-electron chi connectivity index (χ0n) is 11.3. The number of amidine groups is 1. The first kappa shape index (κ1) is 13.8. The number of aliphatic imine (C=N–C) groups is 1. The fourth-order valence-corrected chi connectivity index (χ4v) is 3.47. The van der Waals surface area contributed by atoms with Crippen LogP contribution in [0, 0.1) is 0 Å². The van der Waals surface area contributed by atoms with E-state index in [0.717, 1.165) is 21.3 Å². The SMILES string of the molecule is NC1=NCCC2(O1)c1cc(Br)ccc1Oc1cnc(Cl)cc12. The summed E-state index contributed by atoms with van der Waals surface area (Å²) in [5.74, 6) is 1.34. The molecule has 3 heterocycles.